The van der Waals surface area contributed by atoms with Crippen molar-refractivity contribution in [2.75, 3.05) is 6.54 Å². The summed E-state index contributed by atoms with van der Waals surface area (Å²) in [6, 6.07) is 3.92. The van der Waals surface area contributed by atoms with E-state index in [1.165, 1.54) is 21.6 Å². The molecule has 0 unspecified atom stereocenters. The van der Waals surface area contributed by atoms with Crippen LogP contribution in [0.5, 0.6) is 0 Å². The average Bonchev–Trinajstić information content (AvgIpc) is 3.14. The second-order valence-electron chi connectivity index (χ2n) is 7.93. The lowest BCUT2D eigenvalue weighted by atomic mass is 9.98. The molecule has 1 aromatic rings. The van der Waals surface area contributed by atoms with Crippen molar-refractivity contribution >= 4 is 17.8 Å². The normalized spacial score (nSPS) is 18.3. The Labute approximate surface area is 160 Å². The van der Waals surface area contributed by atoms with Crippen LogP contribution in [0.25, 0.3) is 0 Å². The van der Waals surface area contributed by atoms with Crippen LogP contribution in [0.3, 0.4) is 0 Å². The quantitative estimate of drug-likeness (QED) is 0.755. The second kappa shape index (κ2) is 7.71. The van der Waals surface area contributed by atoms with Crippen molar-refractivity contribution in [3.63, 3.8) is 0 Å². The fraction of sp³-hybridized carbons (Fsp3) is 0.571. The Morgan fingerprint density at radius 2 is 1.78 bits per heavy atom. The minimum absolute atomic E-state index is 0.0583. The monoisotopic (exact) mass is 371 g/mol. The zero-order chi connectivity index (χ0) is 19.6. The molecule has 0 radical (unpaired) electrons. The van der Waals surface area contributed by atoms with Crippen molar-refractivity contribution in [1.29, 1.82) is 0 Å². The van der Waals surface area contributed by atoms with Crippen LogP contribution in [0.2, 0.25) is 0 Å². The molecule has 1 heterocycles. The Bertz CT molecular complexity index is 743. The van der Waals surface area contributed by atoms with Gasteiger partial charge in [-0.05, 0) is 56.7 Å². The largest absolute Gasteiger partial charge is 0.352 e. The summed E-state index contributed by atoms with van der Waals surface area (Å²) >= 11 is 0. The molecule has 2 N–H and O–H groups in total. The first kappa shape index (κ1) is 19.4. The molecule has 1 aliphatic heterocycles. The van der Waals surface area contributed by atoms with Crippen LogP contribution in [0.1, 0.15) is 60.8 Å². The van der Waals surface area contributed by atoms with E-state index in [0.29, 0.717) is 25.9 Å². The van der Waals surface area contributed by atoms with Crippen LogP contribution in [0.15, 0.2) is 12.1 Å². The Morgan fingerprint density at radius 1 is 1.15 bits per heavy atom. The SMILES string of the molecule is Cc1cc(C)c(CNC(=O)CCCN2C(=O)NC3(CCCC3)C2=O)c(C)c1. The zero-order valence-electron chi connectivity index (χ0n) is 16.5. The van der Waals surface area contributed by atoms with Gasteiger partial charge in [0.1, 0.15) is 5.54 Å². The van der Waals surface area contributed by atoms with Gasteiger partial charge in [0.05, 0.1) is 0 Å². The van der Waals surface area contributed by atoms with E-state index >= 15 is 0 Å². The van der Waals surface area contributed by atoms with E-state index in [-0.39, 0.29) is 17.8 Å². The van der Waals surface area contributed by atoms with Gasteiger partial charge >= 0.3 is 6.03 Å². The Hall–Kier alpha value is -2.37. The van der Waals surface area contributed by atoms with Gasteiger partial charge in [-0.2, -0.15) is 0 Å². The van der Waals surface area contributed by atoms with E-state index in [1.54, 1.807) is 0 Å². The first-order valence-electron chi connectivity index (χ1n) is 9.80. The number of carbonyl (C=O) groups excluding carboxylic acids is 3. The number of imide groups is 1. The molecule has 2 aliphatic rings. The Kier molecular flexibility index (Phi) is 5.53. The number of amides is 4. The predicted octanol–water partition coefficient (Wildman–Crippen LogP) is 2.87. The summed E-state index contributed by atoms with van der Waals surface area (Å²) in [6.07, 6.45) is 4.18. The van der Waals surface area contributed by atoms with Crippen LogP contribution in [-0.4, -0.2) is 34.8 Å². The van der Waals surface area contributed by atoms with Crippen molar-refractivity contribution in [1.82, 2.24) is 15.5 Å². The molecule has 1 aromatic carbocycles. The summed E-state index contributed by atoms with van der Waals surface area (Å²) in [4.78, 5) is 38.2. The number of hydrogen-bond donors (Lipinski definition) is 2. The topological polar surface area (TPSA) is 78.5 Å². The summed E-state index contributed by atoms with van der Waals surface area (Å²) in [7, 11) is 0. The predicted molar refractivity (Wildman–Crippen MR) is 103 cm³/mol. The molecule has 3 rings (SSSR count). The maximum atomic E-state index is 12.6. The van der Waals surface area contributed by atoms with Crippen LogP contribution in [-0.2, 0) is 16.1 Å². The molecular weight excluding hydrogens is 342 g/mol. The maximum absolute atomic E-state index is 12.6. The zero-order valence-corrected chi connectivity index (χ0v) is 16.5. The van der Waals surface area contributed by atoms with E-state index in [9.17, 15) is 14.4 Å². The summed E-state index contributed by atoms with van der Waals surface area (Å²) in [6.45, 7) is 6.97. The molecule has 1 saturated heterocycles. The molecule has 2 fully saturated rings. The third kappa shape index (κ3) is 3.99. The molecule has 0 atom stereocenters. The fourth-order valence-electron chi connectivity index (χ4n) is 4.36. The minimum atomic E-state index is -0.667. The number of hydrogen-bond acceptors (Lipinski definition) is 3. The van der Waals surface area contributed by atoms with Gasteiger partial charge in [0.25, 0.3) is 5.91 Å². The van der Waals surface area contributed by atoms with Crippen LogP contribution in [0, 0.1) is 20.8 Å². The van der Waals surface area contributed by atoms with Crippen molar-refractivity contribution in [3.8, 4) is 0 Å². The van der Waals surface area contributed by atoms with Gasteiger partial charge < -0.3 is 10.6 Å². The standard InChI is InChI=1S/C21H29N3O3/c1-14-11-15(2)17(16(3)12-14)13-22-18(25)7-6-10-24-19(26)21(23-20(24)27)8-4-5-9-21/h11-12H,4-10,13H2,1-3H3,(H,22,25)(H,23,27). The number of carbonyl (C=O) groups is 3. The van der Waals surface area contributed by atoms with Gasteiger partial charge in [0, 0.05) is 19.5 Å². The van der Waals surface area contributed by atoms with Crippen LogP contribution >= 0.6 is 0 Å². The molecule has 1 spiro atoms. The van der Waals surface area contributed by atoms with Crippen molar-refractivity contribution in [2.45, 2.75) is 71.4 Å². The molecule has 146 valence electrons. The minimum Gasteiger partial charge on any atom is -0.352 e. The number of benzene rings is 1. The number of nitrogens with one attached hydrogen (secondary N) is 2. The smallest absolute Gasteiger partial charge is 0.325 e. The third-order valence-electron chi connectivity index (χ3n) is 5.79. The van der Waals surface area contributed by atoms with Gasteiger partial charge in [0.15, 0.2) is 0 Å². The highest BCUT2D eigenvalue weighted by molar-refractivity contribution is 6.07. The molecule has 1 saturated carbocycles. The molecule has 1 aliphatic carbocycles. The first-order chi connectivity index (χ1) is 12.8. The fourth-order valence-corrected chi connectivity index (χ4v) is 4.36. The second-order valence-corrected chi connectivity index (χ2v) is 7.93. The van der Waals surface area contributed by atoms with Gasteiger partial charge in [-0.15, -0.1) is 0 Å². The van der Waals surface area contributed by atoms with Gasteiger partial charge in [-0.25, -0.2) is 4.79 Å². The van der Waals surface area contributed by atoms with Crippen molar-refractivity contribution in [3.05, 3.63) is 34.4 Å². The molecule has 4 amide bonds. The van der Waals surface area contributed by atoms with Crippen molar-refractivity contribution < 1.29 is 14.4 Å². The first-order valence-corrected chi connectivity index (χ1v) is 9.80. The average molecular weight is 371 g/mol. The Morgan fingerprint density at radius 3 is 2.41 bits per heavy atom. The van der Waals surface area contributed by atoms with Gasteiger partial charge in [-0.1, -0.05) is 30.5 Å². The van der Waals surface area contributed by atoms with Gasteiger partial charge in [0.2, 0.25) is 5.91 Å². The molecular formula is C21H29N3O3. The van der Waals surface area contributed by atoms with E-state index in [4.69, 9.17) is 0 Å². The lowest BCUT2D eigenvalue weighted by molar-refractivity contribution is -0.131. The van der Waals surface area contributed by atoms with Crippen molar-refractivity contribution in [2.24, 2.45) is 0 Å². The highest BCUT2D eigenvalue weighted by Gasteiger charge is 2.51. The molecule has 0 bridgehead atoms. The number of aryl methyl sites for hydroxylation is 3. The molecule has 6 nitrogen and oxygen atoms in total. The van der Waals surface area contributed by atoms with Crippen LogP contribution < -0.4 is 10.6 Å². The summed E-state index contributed by atoms with van der Waals surface area (Å²) < 4.78 is 0. The van der Waals surface area contributed by atoms with Gasteiger partial charge in [-0.3, -0.25) is 14.5 Å². The summed E-state index contributed by atoms with van der Waals surface area (Å²) in [5, 5.41) is 5.82. The van der Waals surface area contributed by atoms with E-state index < -0.39 is 5.54 Å². The number of rotatable bonds is 6. The van der Waals surface area contributed by atoms with E-state index in [1.807, 2.05) is 0 Å². The highest BCUT2D eigenvalue weighted by Crippen LogP contribution is 2.35. The maximum Gasteiger partial charge on any atom is 0.325 e. The molecule has 27 heavy (non-hydrogen) atoms. The van der Waals surface area contributed by atoms with Crippen LogP contribution in [0.4, 0.5) is 4.79 Å². The summed E-state index contributed by atoms with van der Waals surface area (Å²) in [5.74, 6) is -0.173. The highest BCUT2D eigenvalue weighted by atomic mass is 16.2. The number of urea groups is 1. The Balaban J connectivity index is 1.46. The molecule has 0 aromatic heterocycles. The van der Waals surface area contributed by atoms with E-state index in [2.05, 4.69) is 43.5 Å². The number of nitrogens with zero attached hydrogens (tertiary/aromatic N) is 1. The summed E-state index contributed by atoms with van der Waals surface area (Å²) in [5.41, 5.74) is 4.04. The lowest BCUT2D eigenvalue weighted by Crippen LogP contribution is -2.44. The molecule has 6 heteroatoms. The van der Waals surface area contributed by atoms with E-state index in [0.717, 1.165) is 31.2 Å². The lowest BCUT2D eigenvalue weighted by Gasteiger charge is -2.20. The third-order valence-corrected chi connectivity index (χ3v) is 5.79.